The second-order valence-corrected chi connectivity index (χ2v) is 7.41. The second-order valence-electron chi connectivity index (χ2n) is 5.99. The molecule has 0 saturated carbocycles. The quantitative estimate of drug-likeness (QED) is 0.388. The second kappa shape index (κ2) is 11.4. The van der Waals surface area contributed by atoms with Crippen molar-refractivity contribution in [3.63, 3.8) is 0 Å². The van der Waals surface area contributed by atoms with Gasteiger partial charge in [-0.3, -0.25) is 4.55 Å². The van der Waals surface area contributed by atoms with Gasteiger partial charge in [0, 0.05) is 6.07 Å². The van der Waals surface area contributed by atoms with E-state index < -0.39 is 10.1 Å². The first-order valence-electron chi connectivity index (χ1n) is 8.45. The molecular formula is C19H23KO5S. The van der Waals surface area contributed by atoms with Gasteiger partial charge in [0.2, 0.25) is 0 Å². The molecule has 26 heavy (non-hydrogen) atoms. The van der Waals surface area contributed by atoms with Crippen LogP contribution < -0.4 is 61.2 Å². The Bertz CT molecular complexity index is 805. The van der Waals surface area contributed by atoms with E-state index in [1.54, 1.807) is 18.2 Å². The minimum Gasteiger partial charge on any atom is -0.872 e. The number of aryl methyl sites for hydroxylation is 1. The van der Waals surface area contributed by atoms with Crippen LogP contribution in [0.2, 0.25) is 0 Å². The third-order valence-corrected chi connectivity index (χ3v) is 4.77. The van der Waals surface area contributed by atoms with Gasteiger partial charge in [0.05, 0.1) is 4.90 Å². The van der Waals surface area contributed by atoms with E-state index in [0.717, 1.165) is 12.8 Å². The number of rotatable bonds is 9. The fourth-order valence-electron chi connectivity index (χ4n) is 2.57. The van der Waals surface area contributed by atoms with Crippen LogP contribution in [0.5, 0.6) is 17.2 Å². The summed E-state index contributed by atoms with van der Waals surface area (Å²) in [5, 5.41) is 12.0. The fourth-order valence-corrected chi connectivity index (χ4v) is 3.08. The average molecular weight is 403 g/mol. The first kappa shape index (κ1) is 23.6. The zero-order chi connectivity index (χ0) is 18.3. The minimum absolute atomic E-state index is 0. The Hall–Kier alpha value is -0.414. The standard InChI is InChI=1S/C19H24O5S.K/c1-2-3-4-5-6-8-15-13-17(11-12-19(15)20)24-16-9-7-10-18(14-16)25(21,22)23;/h7,9-14,20H,2-6,8H2,1H3,(H,21,22,23);/q;+1/p-1. The molecule has 0 aromatic heterocycles. The monoisotopic (exact) mass is 402 g/mol. The molecule has 0 aliphatic rings. The summed E-state index contributed by atoms with van der Waals surface area (Å²) in [6.07, 6.45) is 6.30. The SMILES string of the molecule is CCCCCCCc1cc(Oc2cccc(S(=O)(=O)O)c2)ccc1[O-].[K+]. The average Bonchev–Trinajstić information content (AvgIpc) is 2.57. The Balaban J connectivity index is 0.00000338. The van der Waals surface area contributed by atoms with Gasteiger partial charge in [0.25, 0.3) is 10.1 Å². The van der Waals surface area contributed by atoms with E-state index in [1.165, 1.54) is 43.5 Å². The number of ether oxygens (including phenoxy) is 1. The summed E-state index contributed by atoms with van der Waals surface area (Å²) in [6, 6.07) is 10.3. The van der Waals surface area contributed by atoms with E-state index in [4.69, 9.17) is 9.29 Å². The predicted octanol–water partition coefficient (Wildman–Crippen LogP) is 1.32. The topological polar surface area (TPSA) is 86.7 Å². The summed E-state index contributed by atoms with van der Waals surface area (Å²) in [5.74, 6) is 0.729. The van der Waals surface area contributed by atoms with Crippen LogP contribution in [0.25, 0.3) is 0 Å². The number of hydrogen-bond acceptors (Lipinski definition) is 4. The molecular weight excluding hydrogens is 379 g/mol. The van der Waals surface area contributed by atoms with Crippen molar-refractivity contribution >= 4 is 10.1 Å². The first-order valence-corrected chi connectivity index (χ1v) is 9.89. The van der Waals surface area contributed by atoms with Crippen molar-refractivity contribution in [2.45, 2.75) is 50.3 Å². The van der Waals surface area contributed by atoms with Gasteiger partial charge in [0.15, 0.2) is 0 Å². The molecule has 0 spiro atoms. The molecule has 0 heterocycles. The Kier molecular flexibility index (Phi) is 10.4. The van der Waals surface area contributed by atoms with E-state index in [2.05, 4.69) is 6.92 Å². The molecule has 0 bridgehead atoms. The zero-order valence-electron chi connectivity index (χ0n) is 15.3. The first-order chi connectivity index (χ1) is 11.9. The summed E-state index contributed by atoms with van der Waals surface area (Å²) in [7, 11) is -4.28. The number of benzene rings is 2. The van der Waals surface area contributed by atoms with Gasteiger partial charge in [-0.25, -0.2) is 0 Å². The molecule has 0 fully saturated rings. The molecule has 0 amide bonds. The van der Waals surface area contributed by atoms with Crippen molar-refractivity contribution in [3.05, 3.63) is 48.0 Å². The van der Waals surface area contributed by atoms with Crippen LogP contribution in [0.3, 0.4) is 0 Å². The Morgan fingerprint density at radius 1 is 1.00 bits per heavy atom. The minimum atomic E-state index is -4.28. The fraction of sp³-hybridized carbons (Fsp3) is 0.368. The van der Waals surface area contributed by atoms with Crippen LogP contribution in [0.15, 0.2) is 47.4 Å². The number of hydrogen-bond donors (Lipinski definition) is 1. The van der Waals surface area contributed by atoms with Gasteiger partial charge in [0.1, 0.15) is 11.5 Å². The molecule has 0 aliphatic carbocycles. The van der Waals surface area contributed by atoms with Crippen LogP contribution in [0, 0.1) is 0 Å². The maximum Gasteiger partial charge on any atom is 1.00 e. The Morgan fingerprint density at radius 3 is 2.38 bits per heavy atom. The predicted molar refractivity (Wildman–Crippen MR) is 94.7 cm³/mol. The van der Waals surface area contributed by atoms with Gasteiger partial charge >= 0.3 is 51.4 Å². The van der Waals surface area contributed by atoms with Gasteiger partial charge in [-0.05, 0) is 37.1 Å². The van der Waals surface area contributed by atoms with Gasteiger partial charge in [-0.15, -0.1) is 5.75 Å². The molecule has 0 unspecified atom stereocenters. The van der Waals surface area contributed by atoms with E-state index in [-0.39, 0.29) is 67.8 Å². The normalized spacial score (nSPS) is 11.0. The van der Waals surface area contributed by atoms with Crippen molar-refractivity contribution in [2.75, 3.05) is 0 Å². The molecule has 0 radical (unpaired) electrons. The van der Waals surface area contributed by atoms with Crippen LogP contribution in [0.4, 0.5) is 0 Å². The van der Waals surface area contributed by atoms with E-state index >= 15 is 0 Å². The van der Waals surface area contributed by atoms with Gasteiger partial charge in [-0.1, -0.05) is 50.3 Å². The van der Waals surface area contributed by atoms with Crippen molar-refractivity contribution < 1.29 is 74.2 Å². The van der Waals surface area contributed by atoms with Crippen molar-refractivity contribution in [1.82, 2.24) is 0 Å². The molecule has 2 aromatic carbocycles. The van der Waals surface area contributed by atoms with E-state index in [1.807, 2.05) is 0 Å². The summed E-state index contributed by atoms with van der Waals surface area (Å²) >= 11 is 0. The zero-order valence-corrected chi connectivity index (χ0v) is 19.2. The Morgan fingerprint density at radius 2 is 1.69 bits per heavy atom. The summed E-state index contributed by atoms with van der Waals surface area (Å²) in [6.45, 7) is 2.16. The molecule has 1 N–H and O–H groups in total. The van der Waals surface area contributed by atoms with Crippen LogP contribution in [0.1, 0.15) is 44.6 Å². The third kappa shape index (κ3) is 7.68. The van der Waals surface area contributed by atoms with Crippen LogP contribution in [-0.4, -0.2) is 13.0 Å². The smallest absolute Gasteiger partial charge is 0.872 e. The molecule has 0 atom stereocenters. The van der Waals surface area contributed by atoms with E-state index in [0.29, 0.717) is 17.7 Å². The Labute approximate surface area is 198 Å². The molecule has 0 saturated heterocycles. The maximum atomic E-state index is 12.0. The van der Waals surface area contributed by atoms with Crippen LogP contribution in [-0.2, 0) is 16.5 Å². The van der Waals surface area contributed by atoms with Crippen molar-refractivity contribution in [3.8, 4) is 17.2 Å². The molecule has 2 aromatic rings. The van der Waals surface area contributed by atoms with Crippen molar-refractivity contribution in [2.24, 2.45) is 0 Å². The molecule has 136 valence electrons. The van der Waals surface area contributed by atoms with Gasteiger partial charge in [-0.2, -0.15) is 8.42 Å². The largest absolute Gasteiger partial charge is 1.00 e. The van der Waals surface area contributed by atoms with Crippen molar-refractivity contribution in [1.29, 1.82) is 0 Å². The maximum absolute atomic E-state index is 12.0. The summed E-state index contributed by atoms with van der Waals surface area (Å²) < 4.78 is 37.1. The molecule has 5 nitrogen and oxygen atoms in total. The van der Waals surface area contributed by atoms with Crippen LogP contribution >= 0.6 is 0 Å². The summed E-state index contributed by atoms with van der Waals surface area (Å²) in [5.41, 5.74) is 0.694. The molecule has 0 aliphatic heterocycles. The molecule has 2 rings (SSSR count). The van der Waals surface area contributed by atoms with E-state index in [9.17, 15) is 13.5 Å². The van der Waals surface area contributed by atoms with Gasteiger partial charge < -0.3 is 9.84 Å². The third-order valence-electron chi connectivity index (χ3n) is 3.92. The number of unbranched alkanes of at least 4 members (excludes halogenated alkanes) is 4. The summed E-state index contributed by atoms with van der Waals surface area (Å²) in [4.78, 5) is -0.235. The molecule has 7 heteroatoms.